The Labute approximate surface area is 192 Å². The van der Waals surface area contributed by atoms with Crippen LogP contribution in [0.5, 0.6) is 0 Å². The minimum Gasteiger partial charge on any atom is -0.374 e. The molecule has 0 saturated carbocycles. The molecule has 0 aliphatic carbocycles. The number of carbonyl (C=O) groups excluding carboxylic acids is 1. The van der Waals surface area contributed by atoms with Crippen molar-refractivity contribution in [1.82, 2.24) is 5.32 Å². The first-order valence-corrected chi connectivity index (χ1v) is 13.2. The molecule has 174 valence electrons. The minimum absolute atomic E-state index is 0.0976. The first-order chi connectivity index (χ1) is 15.6. The minimum atomic E-state index is -2.67. The second kappa shape index (κ2) is 14.5. The van der Waals surface area contributed by atoms with Crippen molar-refractivity contribution in [2.45, 2.75) is 46.1 Å². The van der Waals surface area contributed by atoms with Crippen LogP contribution < -0.4 is 10.6 Å². The van der Waals surface area contributed by atoms with E-state index in [1.54, 1.807) is 0 Å². The van der Waals surface area contributed by atoms with Gasteiger partial charge in [-0.15, -0.1) is 0 Å². The number of hydrogen-bond donors (Lipinski definition) is 2. The Hall–Kier alpha value is -2.52. The molecular formula is C24H35N3O4Si. The number of benzene rings is 2. The Kier molecular flexibility index (Phi) is 11.7. The van der Waals surface area contributed by atoms with Gasteiger partial charge in [0.1, 0.15) is 0 Å². The molecule has 0 unspecified atom stereocenters. The molecule has 0 aliphatic rings. The Morgan fingerprint density at radius 3 is 1.97 bits per heavy atom. The summed E-state index contributed by atoms with van der Waals surface area (Å²) in [5.41, 5.74) is 1.61. The monoisotopic (exact) mass is 457 g/mol. The summed E-state index contributed by atoms with van der Waals surface area (Å²) in [6.07, 6.45) is 1.87. The molecule has 7 nitrogen and oxygen atoms in total. The van der Waals surface area contributed by atoms with E-state index in [1.807, 2.05) is 81.4 Å². The van der Waals surface area contributed by atoms with E-state index in [-0.39, 0.29) is 5.91 Å². The van der Waals surface area contributed by atoms with Gasteiger partial charge < -0.3 is 18.6 Å². The fourth-order valence-electron chi connectivity index (χ4n) is 3.20. The highest BCUT2D eigenvalue weighted by atomic mass is 28.4. The maximum absolute atomic E-state index is 12.6. The van der Waals surface area contributed by atoms with Crippen molar-refractivity contribution >= 4 is 32.0 Å². The van der Waals surface area contributed by atoms with Crippen molar-refractivity contribution in [2.75, 3.05) is 25.1 Å². The van der Waals surface area contributed by atoms with Gasteiger partial charge in [-0.05, 0) is 57.9 Å². The standard InChI is InChI=1S/C24H35N3O4Si/c1-4-29-32(30-5-2,31-6-3)20-14-13-19-23(28)27-24(25-21-15-9-7-10-16-21)26-22-17-11-8-12-18-22/h7-12,15-18H,4-6,13-14,19-20H2,1-3H3,(H2,25,26,27,28). The van der Waals surface area contributed by atoms with Gasteiger partial charge in [0.05, 0.1) is 5.69 Å². The summed E-state index contributed by atoms with van der Waals surface area (Å²) in [5.74, 6) is 0.300. The Morgan fingerprint density at radius 1 is 0.844 bits per heavy atom. The van der Waals surface area contributed by atoms with Crippen LogP contribution in [0.3, 0.4) is 0 Å². The first kappa shape index (κ1) is 25.7. The molecule has 2 N–H and O–H groups in total. The summed E-state index contributed by atoms with van der Waals surface area (Å²) in [5, 5.41) is 6.09. The van der Waals surface area contributed by atoms with E-state index in [0.717, 1.165) is 17.8 Å². The molecule has 2 aromatic carbocycles. The van der Waals surface area contributed by atoms with Crippen LogP contribution in [0.2, 0.25) is 6.04 Å². The number of carbonyl (C=O) groups is 1. The number of unbranched alkanes of at least 4 members (excludes halogenated alkanes) is 1. The summed E-state index contributed by atoms with van der Waals surface area (Å²) in [6.45, 7) is 7.49. The summed E-state index contributed by atoms with van der Waals surface area (Å²) in [6, 6.07) is 19.9. The number of guanidine groups is 1. The van der Waals surface area contributed by atoms with E-state index in [4.69, 9.17) is 13.3 Å². The van der Waals surface area contributed by atoms with Crippen LogP contribution in [0.1, 0.15) is 40.0 Å². The zero-order valence-electron chi connectivity index (χ0n) is 19.3. The third-order valence-electron chi connectivity index (χ3n) is 4.52. The van der Waals surface area contributed by atoms with E-state index in [0.29, 0.717) is 44.7 Å². The maximum Gasteiger partial charge on any atom is 0.500 e. The fourth-order valence-corrected chi connectivity index (χ4v) is 5.89. The number of nitrogens with one attached hydrogen (secondary N) is 2. The molecule has 0 saturated heterocycles. The van der Waals surface area contributed by atoms with Crippen molar-refractivity contribution in [3.63, 3.8) is 0 Å². The van der Waals surface area contributed by atoms with Crippen LogP contribution in [-0.4, -0.2) is 40.5 Å². The van der Waals surface area contributed by atoms with Crippen LogP contribution in [0, 0.1) is 0 Å². The van der Waals surface area contributed by atoms with Gasteiger partial charge in [0.25, 0.3) is 0 Å². The van der Waals surface area contributed by atoms with Gasteiger partial charge in [0.2, 0.25) is 11.9 Å². The largest absolute Gasteiger partial charge is 0.500 e. The van der Waals surface area contributed by atoms with E-state index in [1.165, 1.54) is 0 Å². The van der Waals surface area contributed by atoms with E-state index in [9.17, 15) is 4.79 Å². The van der Waals surface area contributed by atoms with Gasteiger partial charge in [-0.3, -0.25) is 10.1 Å². The molecule has 0 fully saturated rings. The van der Waals surface area contributed by atoms with Gasteiger partial charge in [-0.25, -0.2) is 4.99 Å². The van der Waals surface area contributed by atoms with Gasteiger partial charge >= 0.3 is 8.80 Å². The van der Waals surface area contributed by atoms with Crippen LogP contribution in [0.25, 0.3) is 0 Å². The van der Waals surface area contributed by atoms with E-state index >= 15 is 0 Å². The molecular weight excluding hydrogens is 422 g/mol. The quantitative estimate of drug-likeness (QED) is 0.189. The second-order valence-corrected chi connectivity index (χ2v) is 9.76. The molecule has 32 heavy (non-hydrogen) atoms. The van der Waals surface area contributed by atoms with Gasteiger partial charge in [0, 0.05) is 38.0 Å². The van der Waals surface area contributed by atoms with Crippen molar-refractivity contribution in [3.8, 4) is 0 Å². The molecule has 8 heteroatoms. The highest BCUT2D eigenvalue weighted by Gasteiger charge is 2.39. The molecule has 1 amide bonds. The normalized spacial score (nSPS) is 11.9. The van der Waals surface area contributed by atoms with Crippen LogP contribution >= 0.6 is 0 Å². The summed E-state index contributed by atoms with van der Waals surface area (Å²) >= 11 is 0. The maximum atomic E-state index is 12.6. The number of aliphatic imine (C=N–C) groups is 1. The van der Waals surface area contributed by atoms with Crippen molar-refractivity contribution in [1.29, 1.82) is 0 Å². The fraction of sp³-hybridized carbons (Fsp3) is 0.417. The molecule has 2 aromatic rings. The molecule has 0 radical (unpaired) electrons. The summed E-state index contributed by atoms with van der Waals surface area (Å²) in [7, 11) is -2.67. The molecule has 2 rings (SSSR count). The van der Waals surface area contributed by atoms with Crippen molar-refractivity contribution in [2.24, 2.45) is 4.99 Å². The van der Waals surface area contributed by atoms with Crippen LogP contribution in [0.4, 0.5) is 11.4 Å². The average molecular weight is 458 g/mol. The van der Waals surface area contributed by atoms with E-state index in [2.05, 4.69) is 15.6 Å². The number of anilines is 1. The molecule has 0 atom stereocenters. The summed E-state index contributed by atoms with van der Waals surface area (Å²) in [4.78, 5) is 17.2. The number of rotatable bonds is 13. The molecule has 0 spiro atoms. The number of hydrogen-bond acceptors (Lipinski definition) is 5. The number of para-hydroxylation sites is 2. The second-order valence-electron chi connectivity index (χ2n) is 7.02. The van der Waals surface area contributed by atoms with Crippen LogP contribution in [-0.2, 0) is 18.1 Å². The summed E-state index contributed by atoms with van der Waals surface area (Å²) < 4.78 is 17.6. The zero-order valence-corrected chi connectivity index (χ0v) is 20.3. The van der Waals surface area contributed by atoms with Gasteiger partial charge in [-0.2, -0.15) is 0 Å². The Morgan fingerprint density at radius 2 is 1.41 bits per heavy atom. The highest BCUT2D eigenvalue weighted by molar-refractivity contribution is 6.60. The number of amides is 1. The number of nitrogens with zero attached hydrogens (tertiary/aromatic N) is 1. The average Bonchev–Trinajstić information content (AvgIpc) is 2.79. The topological polar surface area (TPSA) is 81.2 Å². The predicted molar refractivity (Wildman–Crippen MR) is 131 cm³/mol. The zero-order chi connectivity index (χ0) is 23.1. The molecule has 0 heterocycles. The molecule has 0 aromatic heterocycles. The smallest absolute Gasteiger partial charge is 0.374 e. The van der Waals surface area contributed by atoms with Crippen molar-refractivity contribution in [3.05, 3.63) is 60.7 Å². The van der Waals surface area contributed by atoms with Gasteiger partial charge in [-0.1, -0.05) is 36.4 Å². The first-order valence-electron chi connectivity index (χ1n) is 11.3. The van der Waals surface area contributed by atoms with Gasteiger partial charge in [0.15, 0.2) is 0 Å². The lowest BCUT2D eigenvalue weighted by Crippen LogP contribution is -2.45. The van der Waals surface area contributed by atoms with Crippen LogP contribution in [0.15, 0.2) is 65.7 Å². The third-order valence-corrected chi connectivity index (χ3v) is 7.67. The lowest BCUT2D eigenvalue weighted by atomic mass is 10.2. The Balaban J connectivity index is 1.94. The lowest BCUT2D eigenvalue weighted by Gasteiger charge is -2.28. The SMILES string of the molecule is CCO[Si](CCCCC(=O)NC(=Nc1ccccc1)Nc1ccccc1)(OCC)OCC. The highest BCUT2D eigenvalue weighted by Crippen LogP contribution is 2.20. The van der Waals surface area contributed by atoms with Crippen molar-refractivity contribution < 1.29 is 18.1 Å². The lowest BCUT2D eigenvalue weighted by molar-refractivity contribution is -0.119. The Bertz CT molecular complexity index is 801. The molecule has 0 aliphatic heterocycles. The molecule has 0 bridgehead atoms. The van der Waals surface area contributed by atoms with E-state index < -0.39 is 8.80 Å². The predicted octanol–water partition coefficient (Wildman–Crippen LogP) is 5.12. The third kappa shape index (κ3) is 9.31.